The number of hydrogen-bond donors (Lipinski definition) is 3. The molecule has 7 nitrogen and oxygen atoms in total. The fraction of sp³-hybridized carbons (Fsp3) is 0.833. The normalized spacial score (nSPS) is 21.1. The van der Waals surface area contributed by atoms with Crippen LogP contribution in [0.3, 0.4) is 0 Å². The highest BCUT2D eigenvalue weighted by molar-refractivity contribution is 14.0. The Morgan fingerprint density at radius 1 is 1.04 bits per heavy atom. The van der Waals surface area contributed by atoms with Gasteiger partial charge in [-0.3, -0.25) is 9.59 Å². The van der Waals surface area contributed by atoms with Crippen molar-refractivity contribution in [2.75, 3.05) is 32.7 Å². The van der Waals surface area contributed by atoms with Gasteiger partial charge in [-0.1, -0.05) is 19.3 Å². The van der Waals surface area contributed by atoms with Gasteiger partial charge in [0, 0.05) is 38.1 Å². The Hall–Kier alpha value is -1.06. The van der Waals surface area contributed by atoms with E-state index in [1.54, 1.807) is 0 Å². The lowest BCUT2D eigenvalue weighted by atomic mass is 9.88. The van der Waals surface area contributed by atoms with Crippen LogP contribution >= 0.6 is 24.0 Å². The largest absolute Gasteiger partial charge is 0.357 e. The van der Waals surface area contributed by atoms with Crippen molar-refractivity contribution in [2.24, 2.45) is 10.9 Å². The van der Waals surface area contributed by atoms with E-state index in [0.717, 1.165) is 38.9 Å². The summed E-state index contributed by atoms with van der Waals surface area (Å²) < 4.78 is 0. The minimum Gasteiger partial charge on any atom is -0.357 e. The molecule has 0 aromatic rings. The van der Waals surface area contributed by atoms with Gasteiger partial charge < -0.3 is 20.9 Å². The molecule has 3 N–H and O–H groups in total. The lowest BCUT2D eigenvalue weighted by Gasteiger charge is -2.26. The van der Waals surface area contributed by atoms with Crippen molar-refractivity contribution in [3.8, 4) is 0 Å². The third-order valence-corrected chi connectivity index (χ3v) is 4.89. The molecule has 2 rings (SSSR count). The van der Waals surface area contributed by atoms with Crippen molar-refractivity contribution in [1.29, 1.82) is 0 Å². The molecule has 1 aliphatic heterocycles. The number of likely N-dealkylation sites (N-methyl/N-ethyl adjacent to an activating group) is 1. The first-order valence-electron chi connectivity index (χ1n) is 9.74. The lowest BCUT2D eigenvalue weighted by Crippen LogP contribution is -2.46. The van der Waals surface area contributed by atoms with Crippen LogP contribution in [0.15, 0.2) is 4.99 Å². The standard InChI is InChI=1S/C18H33N5O2.HI/c1-3-19-16(24)12-21-18(20-4-2)22-15-10-11-23(13-15)17(25)14-8-6-5-7-9-14;/h14-15H,3-13H2,1-2H3,(H,19,24)(H2,20,21,22);1H. The Bertz CT molecular complexity index is 480. The summed E-state index contributed by atoms with van der Waals surface area (Å²) in [5.41, 5.74) is 0. The number of guanidine groups is 1. The molecular weight excluding hydrogens is 445 g/mol. The van der Waals surface area contributed by atoms with Crippen LogP contribution in [-0.2, 0) is 9.59 Å². The van der Waals surface area contributed by atoms with Crippen LogP contribution in [0.5, 0.6) is 0 Å². The Kier molecular flexibility index (Phi) is 10.9. The van der Waals surface area contributed by atoms with Crippen molar-refractivity contribution in [3.63, 3.8) is 0 Å². The van der Waals surface area contributed by atoms with Crippen LogP contribution < -0.4 is 16.0 Å². The predicted octanol–water partition coefficient (Wildman–Crippen LogP) is 1.48. The van der Waals surface area contributed by atoms with Gasteiger partial charge in [-0.15, -0.1) is 24.0 Å². The first-order valence-corrected chi connectivity index (χ1v) is 9.74. The molecule has 1 saturated carbocycles. The zero-order valence-corrected chi connectivity index (χ0v) is 18.4. The van der Waals surface area contributed by atoms with Crippen LogP contribution in [-0.4, -0.2) is 61.4 Å². The minimum absolute atomic E-state index is 0. The molecule has 2 fully saturated rings. The highest BCUT2D eigenvalue weighted by atomic mass is 127. The summed E-state index contributed by atoms with van der Waals surface area (Å²) in [6.07, 6.45) is 6.65. The van der Waals surface area contributed by atoms with Crippen molar-refractivity contribution >= 4 is 41.8 Å². The first kappa shape index (κ1) is 23.0. The molecule has 2 amide bonds. The number of nitrogens with zero attached hydrogens (tertiary/aromatic N) is 2. The highest BCUT2D eigenvalue weighted by Gasteiger charge is 2.31. The predicted molar refractivity (Wildman–Crippen MR) is 115 cm³/mol. The minimum atomic E-state index is -0.0831. The maximum absolute atomic E-state index is 12.6. The molecule has 0 aromatic heterocycles. The zero-order chi connectivity index (χ0) is 18.1. The van der Waals surface area contributed by atoms with Crippen LogP contribution in [0.25, 0.3) is 0 Å². The number of aliphatic imine (C=N–C) groups is 1. The molecule has 1 heterocycles. The maximum atomic E-state index is 12.6. The number of likely N-dealkylation sites (tertiary alicyclic amines) is 1. The molecule has 2 aliphatic rings. The number of halogens is 1. The molecule has 8 heteroatoms. The van der Waals surface area contributed by atoms with Gasteiger partial charge in [0.2, 0.25) is 11.8 Å². The average Bonchev–Trinajstić information content (AvgIpc) is 3.09. The van der Waals surface area contributed by atoms with E-state index in [9.17, 15) is 9.59 Å². The van der Waals surface area contributed by atoms with Crippen molar-refractivity contribution in [1.82, 2.24) is 20.9 Å². The number of hydrogen-bond acceptors (Lipinski definition) is 3. The summed E-state index contributed by atoms with van der Waals surface area (Å²) in [7, 11) is 0. The lowest BCUT2D eigenvalue weighted by molar-refractivity contribution is -0.135. The second-order valence-corrected chi connectivity index (χ2v) is 6.90. The van der Waals surface area contributed by atoms with Gasteiger partial charge in [-0.25, -0.2) is 4.99 Å². The summed E-state index contributed by atoms with van der Waals surface area (Å²) in [5.74, 6) is 1.12. The van der Waals surface area contributed by atoms with Crippen LogP contribution in [0.4, 0.5) is 0 Å². The second kappa shape index (κ2) is 12.3. The maximum Gasteiger partial charge on any atom is 0.241 e. The van der Waals surface area contributed by atoms with E-state index in [-0.39, 0.29) is 48.4 Å². The van der Waals surface area contributed by atoms with E-state index >= 15 is 0 Å². The molecule has 1 unspecified atom stereocenters. The van der Waals surface area contributed by atoms with E-state index in [4.69, 9.17) is 0 Å². The third-order valence-electron chi connectivity index (χ3n) is 4.89. The topological polar surface area (TPSA) is 85.8 Å². The Labute approximate surface area is 174 Å². The number of carbonyl (C=O) groups excluding carboxylic acids is 2. The molecular formula is C18H34IN5O2. The summed E-state index contributed by atoms with van der Waals surface area (Å²) in [6.45, 7) is 6.88. The Balaban J connectivity index is 0.00000338. The van der Waals surface area contributed by atoms with Crippen molar-refractivity contribution < 1.29 is 9.59 Å². The van der Waals surface area contributed by atoms with Gasteiger partial charge in [0.05, 0.1) is 0 Å². The summed E-state index contributed by atoms with van der Waals surface area (Å²) in [5, 5.41) is 9.28. The van der Waals surface area contributed by atoms with E-state index in [0.29, 0.717) is 18.4 Å². The number of amides is 2. The second-order valence-electron chi connectivity index (χ2n) is 6.90. The fourth-order valence-electron chi connectivity index (χ4n) is 3.60. The third kappa shape index (κ3) is 7.28. The molecule has 26 heavy (non-hydrogen) atoms. The van der Waals surface area contributed by atoms with E-state index in [2.05, 4.69) is 20.9 Å². The van der Waals surface area contributed by atoms with Crippen molar-refractivity contribution in [3.05, 3.63) is 0 Å². The monoisotopic (exact) mass is 479 g/mol. The summed E-state index contributed by atoms with van der Waals surface area (Å²) >= 11 is 0. The van der Waals surface area contributed by atoms with Gasteiger partial charge in [-0.2, -0.15) is 0 Å². The smallest absolute Gasteiger partial charge is 0.241 e. The number of rotatable bonds is 6. The van der Waals surface area contributed by atoms with Gasteiger partial charge >= 0.3 is 0 Å². The summed E-state index contributed by atoms with van der Waals surface area (Å²) in [4.78, 5) is 30.6. The van der Waals surface area contributed by atoms with E-state index < -0.39 is 0 Å². The molecule has 1 saturated heterocycles. The summed E-state index contributed by atoms with van der Waals surface area (Å²) in [6, 6.07) is 0.194. The Morgan fingerprint density at radius 3 is 2.38 bits per heavy atom. The molecule has 1 atom stereocenters. The SMILES string of the molecule is CCNC(=O)CN=C(NCC)NC1CCN(C(=O)C2CCCCC2)C1.I. The average molecular weight is 479 g/mol. The molecule has 0 aromatic carbocycles. The Morgan fingerprint density at radius 2 is 1.73 bits per heavy atom. The molecule has 0 radical (unpaired) electrons. The van der Waals surface area contributed by atoms with Crippen LogP contribution in [0, 0.1) is 5.92 Å². The van der Waals surface area contributed by atoms with E-state index in [1.165, 1.54) is 19.3 Å². The number of carbonyl (C=O) groups is 2. The number of nitrogens with one attached hydrogen (secondary N) is 3. The van der Waals surface area contributed by atoms with Crippen LogP contribution in [0.2, 0.25) is 0 Å². The zero-order valence-electron chi connectivity index (χ0n) is 16.1. The van der Waals surface area contributed by atoms with Gasteiger partial charge in [0.1, 0.15) is 6.54 Å². The quantitative estimate of drug-likeness (QED) is 0.306. The first-order chi connectivity index (χ1) is 12.1. The fourth-order valence-corrected chi connectivity index (χ4v) is 3.60. The van der Waals surface area contributed by atoms with E-state index in [1.807, 2.05) is 18.7 Å². The molecule has 150 valence electrons. The molecule has 0 bridgehead atoms. The van der Waals surface area contributed by atoms with Gasteiger partial charge in [0.15, 0.2) is 5.96 Å². The van der Waals surface area contributed by atoms with Crippen molar-refractivity contribution in [2.45, 2.75) is 58.4 Å². The molecule has 1 aliphatic carbocycles. The molecule has 0 spiro atoms. The van der Waals surface area contributed by atoms with Gasteiger partial charge in [-0.05, 0) is 33.1 Å². The van der Waals surface area contributed by atoms with Crippen LogP contribution in [0.1, 0.15) is 52.4 Å². The van der Waals surface area contributed by atoms with Gasteiger partial charge in [0.25, 0.3) is 0 Å². The highest BCUT2D eigenvalue weighted by Crippen LogP contribution is 2.26.